The number of ether oxygens (including phenoxy) is 1. The molecule has 0 saturated heterocycles. The van der Waals surface area contributed by atoms with E-state index in [1.807, 2.05) is 0 Å². The van der Waals surface area contributed by atoms with Crippen LogP contribution < -0.4 is 11.1 Å². The van der Waals surface area contributed by atoms with Crippen LogP contribution in [0.2, 0.25) is 5.15 Å². The molecule has 2 rings (SSSR count). The summed E-state index contributed by atoms with van der Waals surface area (Å²) >= 11 is 5.84. The zero-order valence-electron chi connectivity index (χ0n) is 9.44. The third kappa shape index (κ3) is 2.68. The van der Waals surface area contributed by atoms with Crippen molar-refractivity contribution in [2.45, 2.75) is 25.0 Å². The zero-order valence-corrected chi connectivity index (χ0v) is 10.2. The number of aromatic nitrogens is 1. The first-order chi connectivity index (χ1) is 8.10. The fraction of sp³-hybridized carbons (Fsp3) is 0.455. The number of anilines is 1. The number of nitrogens with two attached hydrogens (primary N) is 1. The Hall–Kier alpha value is -1.33. The van der Waals surface area contributed by atoms with Crippen molar-refractivity contribution in [1.29, 1.82) is 0 Å². The van der Waals surface area contributed by atoms with Crippen LogP contribution in [-0.2, 0) is 4.74 Å². The molecule has 3 N–H and O–H groups in total. The Morgan fingerprint density at radius 3 is 3.00 bits per heavy atom. The number of nitrogens with one attached hydrogen (secondary N) is 1. The second-order valence-electron chi connectivity index (χ2n) is 4.11. The lowest BCUT2D eigenvalue weighted by atomic mass is 9.89. The molecule has 6 heteroatoms. The summed E-state index contributed by atoms with van der Waals surface area (Å²) in [4.78, 5) is 15.7. The number of carbonyl (C=O) groups is 1. The molecule has 1 aromatic rings. The van der Waals surface area contributed by atoms with Crippen molar-refractivity contribution in [2.24, 2.45) is 0 Å². The van der Waals surface area contributed by atoms with E-state index in [0.717, 1.165) is 12.8 Å². The second kappa shape index (κ2) is 4.89. The third-order valence-electron chi connectivity index (χ3n) is 2.87. The molecule has 0 atom stereocenters. The van der Waals surface area contributed by atoms with Gasteiger partial charge in [-0.05, 0) is 18.9 Å². The van der Waals surface area contributed by atoms with Crippen molar-refractivity contribution in [3.05, 3.63) is 23.0 Å². The standard InChI is InChI=1S/C11H14ClN3O2/c1-17-8-3-7(4-8)15-11(16)9-2-6(13)5-14-10(9)12/h2,5,7-8H,3-4,13H2,1H3,(H,15,16). The summed E-state index contributed by atoms with van der Waals surface area (Å²) in [7, 11) is 1.67. The number of hydrogen-bond acceptors (Lipinski definition) is 4. The van der Waals surface area contributed by atoms with Crippen LogP contribution >= 0.6 is 11.6 Å². The van der Waals surface area contributed by atoms with E-state index in [4.69, 9.17) is 22.1 Å². The molecule has 17 heavy (non-hydrogen) atoms. The van der Waals surface area contributed by atoms with Gasteiger partial charge in [0.15, 0.2) is 0 Å². The van der Waals surface area contributed by atoms with E-state index < -0.39 is 0 Å². The number of methoxy groups -OCH3 is 1. The maximum absolute atomic E-state index is 11.9. The van der Waals surface area contributed by atoms with Crippen molar-refractivity contribution < 1.29 is 9.53 Å². The second-order valence-corrected chi connectivity index (χ2v) is 4.46. The molecule has 0 radical (unpaired) electrons. The van der Waals surface area contributed by atoms with Gasteiger partial charge in [-0.2, -0.15) is 0 Å². The van der Waals surface area contributed by atoms with Gasteiger partial charge in [0, 0.05) is 13.2 Å². The Morgan fingerprint density at radius 1 is 1.65 bits per heavy atom. The van der Waals surface area contributed by atoms with Crippen molar-refractivity contribution in [1.82, 2.24) is 10.3 Å². The number of halogens is 1. The molecule has 1 amide bonds. The number of hydrogen-bond donors (Lipinski definition) is 2. The van der Waals surface area contributed by atoms with Gasteiger partial charge in [0.05, 0.1) is 23.6 Å². The van der Waals surface area contributed by atoms with Gasteiger partial charge in [0.25, 0.3) is 5.91 Å². The van der Waals surface area contributed by atoms with Crippen molar-refractivity contribution >= 4 is 23.2 Å². The average molecular weight is 256 g/mol. The maximum Gasteiger partial charge on any atom is 0.254 e. The summed E-state index contributed by atoms with van der Waals surface area (Å²) in [5.74, 6) is -0.241. The smallest absolute Gasteiger partial charge is 0.254 e. The fourth-order valence-electron chi connectivity index (χ4n) is 1.76. The van der Waals surface area contributed by atoms with Gasteiger partial charge in [-0.3, -0.25) is 4.79 Å². The largest absolute Gasteiger partial charge is 0.397 e. The first-order valence-corrected chi connectivity index (χ1v) is 5.72. The molecule has 0 aliphatic heterocycles. The van der Waals surface area contributed by atoms with E-state index in [-0.39, 0.29) is 23.2 Å². The van der Waals surface area contributed by atoms with Crippen LogP contribution in [0, 0.1) is 0 Å². The molecule has 1 aliphatic rings. The molecule has 1 aromatic heterocycles. The molecular weight excluding hydrogens is 242 g/mol. The van der Waals surface area contributed by atoms with Crippen LogP contribution in [0.5, 0.6) is 0 Å². The number of rotatable bonds is 3. The van der Waals surface area contributed by atoms with Gasteiger partial charge in [-0.15, -0.1) is 0 Å². The Morgan fingerprint density at radius 2 is 2.35 bits per heavy atom. The molecular formula is C11H14ClN3O2. The predicted octanol–water partition coefficient (Wildman–Crippen LogP) is 1.22. The van der Waals surface area contributed by atoms with Crippen LogP contribution in [0.1, 0.15) is 23.2 Å². The van der Waals surface area contributed by atoms with Crippen molar-refractivity contribution in [2.75, 3.05) is 12.8 Å². The molecule has 92 valence electrons. The summed E-state index contributed by atoms with van der Waals surface area (Å²) in [5.41, 5.74) is 6.30. The highest BCUT2D eigenvalue weighted by Crippen LogP contribution is 2.23. The lowest BCUT2D eigenvalue weighted by molar-refractivity contribution is 0.0176. The summed E-state index contributed by atoms with van der Waals surface area (Å²) in [6, 6.07) is 1.67. The number of carbonyl (C=O) groups excluding carboxylic acids is 1. The lowest BCUT2D eigenvalue weighted by Gasteiger charge is -2.34. The summed E-state index contributed by atoms with van der Waals surface area (Å²) in [5, 5.41) is 3.03. The minimum absolute atomic E-state index is 0.143. The third-order valence-corrected chi connectivity index (χ3v) is 3.17. The molecule has 0 aromatic carbocycles. The molecule has 1 heterocycles. The highest BCUT2D eigenvalue weighted by atomic mass is 35.5. The number of pyridine rings is 1. The topological polar surface area (TPSA) is 77.2 Å². The zero-order chi connectivity index (χ0) is 12.4. The van der Waals surface area contributed by atoms with Gasteiger partial charge < -0.3 is 15.8 Å². The van der Waals surface area contributed by atoms with E-state index in [9.17, 15) is 4.79 Å². The van der Waals surface area contributed by atoms with Crippen LogP contribution in [0.4, 0.5) is 5.69 Å². The van der Waals surface area contributed by atoms with Gasteiger partial charge in [0.1, 0.15) is 5.15 Å². The highest BCUT2D eigenvalue weighted by Gasteiger charge is 2.30. The average Bonchev–Trinajstić information content (AvgIpc) is 2.25. The van der Waals surface area contributed by atoms with E-state index in [1.165, 1.54) is 12.3 Å². The summed E-state index contributed by atoms with van der Waals surface area (Å²) in [6.07, 6.45) is 3.32. The molecule has 0 spiro atoms. The minimum Gasteiger partial charge on any atom is -0.397 e. The quantitative estimate of drug-likeness (QED) is 0.797. The van der Waals surface area contributed by atoms with E-state index in [2.05, 4.69) is 10.3 Å². The Kier molecular flexibility index (Phi) is 3.49. The van der Waals surface area contributed by atoms with Gasteiger partial charge in [-0.25, -0.2) is 4.98 Å². The van der Waals surface area contributed by atoms with Crippen molar-refractivity contribution in [3.8, 4) is 0 Å². The molecule has 1 fully saturated rings. The summed E-state index contributed by atoms with van der Waals surface area (Å²) < 4.78 is 5.14. The first kappa shape index (κ1) is 12.1. The van der Waals surface area contributed by atoms with E-state index >= 15 is 0 Å². The number of nitrogens with zero attached hydrogens (tertiary/aromatic N) is 1. The van der Waals surface area contributed by atoms with Gasteiger partial charge >= 0.3 is 0 Å². The predicted molar refractivity (Wildman–Crippen MR) is 64.9 cm³/mol. The van der Waals surface area contributed by atoms with Crippen LogP contribution in [0.25, 0.3) is 0 Å². The first-order valence-electron chi connectivity index (χ1n) is 5.35. The maximum atomic E-state index is 11.9. The van der Waals surface area contributed by atoms with Crippen LogP contribution in [-0.4, -0.2) is 30.1 Å². The highest BCUT2D eigenvalue weighted by molar-refractivity contribution is 6.32. The summed E-state index contributed by atoms with van der Waals surface area (Å²) in [6.45, 7) is 0. The lowest BCUT2D eigenvalue weighted by Crippen LogP contribution is -2.47. The molecule has 0 unspecified atom stereocenters. The number of amides is 1. The van der Waals surface area contributed by atoms with E-state index in [0.29, 0.717) is 11.3 Å². The fourth-order valence-corrected chi connectivity index (χ4v) is 1.95. The SMILES string of the molecule is COC1CC(NC(=O)c2cc(N)cnc2Cl)C1. The number of nitrogen functional groups attached to an aromatic ring is 1. The monoisotopic (exact) mass is 255 g/mol. The molecule has 0 bridgehead atoms. The van der Waals surface area contributed by atoms with Gasteiger partial charge in [-0.1, -0.05) is 11.6 Å². The minimum atomic E-state index is -0.241. The van der Waals surface area contributed by atoms with Crippen molar-refractivity contribution in [3.63, 3.8) is 0 Å². The van der Waals surface area contributed by atoms with Crippen LogP contribution in [0.15, 0.2) is 12.3 Å². The van der Waals surface area contributed by atoms with E-state index in [1.54, 1.807) is 7.11 Å². The normalized spacial score (nSPS) is 22.9. The molecule has 1 aliphatic carbocycles. The van der Waals surface area contributed by atoms with Gasteiger partial charge in [0.2, 0.25) is 0 Å². The van der Waals surface area contributed by atoms with Crippen LogP contribution in [0.3, 0.4) is 0 Å². The molecule has 5 nitrogen and oxygen atoms in total. The Labute approximate surface area is 104 Å². The Bertz CT molecular complexity index is 433. The Balaban J connectivity index is 1.98. The molecule has 1 saturated carbocycles.